The van der Waals surface area contributed by atoms with Crippen molar-refractivity contribution in [1.29, 1.82) is 0 Å². The van der Waals surface area contributed by atoms with E-state index < -0.39 is 12.2 Å². The normalized spacial score (nSPS) is 23.6. The Balaban J connectivity index is 1.98. The van der Waals surface area contributed by atoms with Gasteiger partial charge in [-0.2, -0.15) is 0 Å². The maximum atomic E-state index is 9.96. The molecule has 22 heavy (non-hydrogen) atoms. The fraction of sp³-hybridized carbons (Fsp3) is 0.375. The zero-order valence-electron chi connectivity index (χ0n) is 12.1. The predicted molar refractivity (Wildman–Crippen MR) is 88.6 cm³/mol. The van der Waals surface area contributed by atoms with Gasteiger partial charge in [0.15, 0.2) is 29.5 Å². The summed E-state index contributed by atoms with van der Waals surface area (Å²) in [5.74, 6) is 1.98. The summed E-state index contributed by atoms with van der Waals surface area (Å²) in [6, 6.07) is 3.54. The van der Waals surface area contributed by atoms with Gasteiger partial charge in [-0.3, -0.25) is 0 Å². The molecule has 5 nitrogen and oxygen atoms in total. The summed E-state index contributed by atoms with van der Waals surface area (Å²) in [6.45, 7) is -0.158. The van der Waals surface area contributed by atoms with Gasteiger partial charge in [-0.15, -0.1) is 0 Å². The lowest BCUT2D eigenvalue weighted by Gasteiger charge is -2.35. The van der Waals surface area contributed by atoms with Gasteiger partial charge in [0.1, 0.15) is 5.76 Å². The van der Waals surface area contributed by atoms with E-state index >= 15 is 0 Å². The number of phenols is 1. The first-order chi connectivity index (χ1) is 10.6. The van der Waals surface area contributed by atoms with E-state index in [9.17, 15) is 10.2 Å². The van der Waals surface area contributed by atoms with E-state index in [1.165, 1.54) is 7.11 Å². The molecule has 0 saturated carbocycles. The Bertz CT molecular complexity index is 638. The number of allylic oxidation sites excluding steroid dienone is 3. The van der Waals surface area contributed by atoms with Crippen LogP contribution in [0.5, 0.6) is 11.5 Å². The average Bonchev–Trinajstić information content (AvgIpc) is 2.56. The number of hydrogen-bond acceptors (Lipinski definition) is 5. The zero-order chi connectivity index (χ0) is 15.7. The van der Waals surface area contributed by atoms with Crippen molar-refractivity contribution in [3.8, 4) is 11.5 Å². The minimum absolute atomic E-state index is 0.102. The van der Waals surface area contributed by atoms with Crippen LogP contribution >= 0.6 is 22.6 Å². The van der Waals surface area contributed by atoms with Crippen molar-refractivity contribution in [1.82, 2.24) is 0 Å². The van der Waals surface area contributed by atoms with Crippen LogP contribution < -0.4 is 4.74 Å². The number of aromatic hydroxyl groups is 1. The highest BCUT2D eigenvalue weighted by molar-refractivity contribution is 14.1. The molecule has 3 rings (SSSR count). The van der Waals surface area contributed by atoms with E-state index in [1.807, 2.05) is 40.8 Å². The molecule has 2 N–H and O–H groups in total. The topological polar surface area (TPSA) is 68.2 Å². The molecule has 1 aliphatic heterocycles. The second-order valence-electron chi connectivity index (χ2n) is 5.16. The number of ether oxygens (including phenoxy) is 3. The maximum Gasteiger partial charge on any atom is 0.171 e. The third-order valence-corrected chi connectivity index (χ3v) is 4.57. The summed E-state index contributed by atoms with van der Waals surface area (Å²) in [7, 11) is 1.50. The Hall–Kier alpha value is -1.41. The number of halogens is 1. The SMILES string of the molecule is COc1cc(C2OC3=C(C=CCC3)OC2CO)cc(I)c1O. The standard InChI is InChI=1S/C16H17IO5/c1-20-13-7-9(6-10(17)15(13)19)16-14(8-18)21-11-4-2-3-5-12(11)22-16/h2,4,6-7,14,16,18-19H,3,5,8H2,1H3. The summed E-state index contributed by atoms with van der Waals surface area (Å²) in [6.07, 6.45) is 4.69. The van der Waals surface area contributed by atoms with Crippen LogP contribution in [-0.4, -0.2) is 30.0 Å². The first-order valence-corrected chi connectivity index (χ1v) is 8.12. The highest BCUT2D eigenvalue weighted by atomic mass is 127. The third-order valence-electron chi connectivity index (χ3n) is 3.75. The molecule has 0 saturated heterocycles. The molecule has 0 bridgehead atoms. The molecular formula is C16H17IO5. The van der Waals surface area contributed by atoms with Crippen molar-refractivity contribution in [3.63, 3.8) is 0 Å². The van der Waals surface area contributed by atoms with Crippen LogP contribution in [0.3, 0.4) is 0 Å². The Morgan fingerprint density at radius 3 is 2.91 bits per heavy atom. The number of aliphatic hydroxyl groups is 1. The third kappa shape index (κ3) is 2.77. The Kier molecular flexibility index (Phi) is 4.49. The molecular weight excluding hydrogens is 399 g/mol. The predicted octanol–water partition coefficient (Wildman–Crippen LogP) is 3.02. The minimum atomic E-state index is -0.494. The molecule has 0 radical (unpaired) electrons. The number of aliphatic hydroxyl groups excluding tert-OH is 1. The fourth-order valence-corrected chi connectivity index (χ4v) is 3.25. The summed E-state index contributed by atoms with van der Waals surface area (Å²) in [5, 5.41) is 19.6. The molecule has 2 atom stereocenters. The van der Waals surface area contributed by atoms with Gasteiger partial charge in [-0.05, 0) is 47.2 Å². The molecule has 0 aromatic heterocycles. The lowest BCUT2D eigenvalue weighted by molar-refractivity contribution is -0.0850. The molecule has 1 aromatic rings. The van der Waals surface area contributed by atoms with Crippen LogP contribution in [0.4, 0.5) is 0 Å². The highest BCUT2D eigenvalue weighted by Crippen LogP contribution is 2.41. The van der Waals surface area contributed by atoms with Crippen molar-refractivity contribution in [2.75, 3.05) is 13.7 Å². The minimum Gasteiger partial charge on any atom is -0.504 e. The van der Waals surface area contributed by atoms with Gasteiger partial charge >= 0.3 is 0 Å². The van der Waals surface area contributed by atoms with Gasteiger partial charge in [-0.25, -0.2) is 0 Å². The van der Waals surface area contributed by atoms with Crippen LogP contribution in [0.25, 0.3) is 0 Å². The monoisotopic (exact) mass is 416 g/mol. The smallest absolute Gasteiger partial charge is 0.171 e. The second kappa shape index (κ2) is 6.37. The van der Waals surface area contributed by atoms with E-state index in [2.05, 4.69) is 0 Å². The van der Waals surface area contributed by atoms with Gasteiger partial charge in [0.25, 0.3) is 0 Å². The molecule has 0 amide bonds. The van der Waals surface area contributed by atoms with Crippen LogP contribution in [0.15, 0.2) is 35.8 Å². The second-order valence-corrected chi connectivity index (χ2v) is 6.32. The van der Waals surface area contributed by atoms with Crippen LogP contribution in [0, 0.1) is 3.57 Å². The summed E-state index contributed by atoms with van der Waals surface area (Å²) >= 11 is 2.04. The van der Waals surface area contributed by atoms with Crippen LogP contribution in [0.2, 0.25) is 0 Å². The molecule has 1 heterocycles. The van der Waals surface area contributed by atoms with E-state index in [4.69, 9.17) is 14.2 Å². The molecule has 1 aromatic carbocycles. The van der Waals surface area contributed by atoms with E-state index in [-0.39, 0.29) is 12.4 Å². The zero-order valence-corrected chi connectivity index (χ0v) is 14.2. The molecule has 118 valence electrons. The number of hydrogen-bond donors (Lipinski definition) is 2. The summed E-state index contributed by atoms with van der Waals surface area (Å²) < 4.78 is 17.8. The van der Waals surface area contributed by atoms with Crippen molar-refractivity contribution in [2.45, 2.75) is 25.0 Å². The van der Waals surface area contributed by atoms with E-state index in [0.717, 1.165) is 24.2 Å². The number of phenolic OH excluding ortho intramolecular Hbond substituents is 1. The van der Waals surface area contributed by atoms with Gasteiger partial charge in [-0.1, -0.05) is 6.08 Å². The first-order valence-electron chi connectivity index (χ1n) is 7.04. The van der Waals surface area contributed by atoms with E-state index in [0.29, 0.717) is 15.1 Å². The molecule has 2 aliphatic rings. The molecule has 2 unspecified atom stereocenters. The fourth-order valence-electron chi connectivity index (χ4n) is 2.63. The highest BCUT2D eigenvalue weighted by Gasteiger charge is 2.34. The Morgan fingerprint density at radius 2 is 2.18 bits per heavy atom. The Morgan fingerprint density at radius 1 is 1.36 bits per heavy atom. The van der Waals surface area contributed by atoms with E-state index in [1.54, 1.807) is 6.07 Å². The lowest BCUT2D eigenvalue weighted by atomic mass is 10.0. The lowest BCUT2D eigenvalue weighted by Crippen LogP contribution is -2.32. The quantitative estimate of drug-likeness (QED) is 0.742. The number of benzene rings is 1. The summed E-state index contributed by atoms with van der Waals surface area (Å²) in [4.78, 5) is 0. The maximum absolute atomic E-state index is 9.96. The van der Waals surface area contributed by atoms with Crippen LogP contribution in [-0.2, 0) is 9.47 Å². The summed E-state index contributed by atoms with van der Waals surface area (Å²) in [5.41, 5.74) is 0.805. The molecule has 1 aliphatic carbocycles. The van der Waals surface area contributed by atoms with Gasteiger partial charge in [0, 0.05) is 12.0 Å². The number of methoxy groups -OCH3 is 1. The molecule has 6 heteroatoms. The van der Waals surface area contributed by atoms with Gasteiger partial charge in [0.05, 0.1) is 17.3 Å². The molecule has 0 fully saturated rings. The van der Waals surface area contributed by atoms with Crippen LogP contribution in [0.1, 0.15) is 24.5 Å². The first kappa shape index (κ1) is 15.5. The van der Waals surface area contributed by atoms with Crippen molar-refractivity contribution in [2.24, 2.45) is 0 Å². The van der Waals surface area contributed by atoms with Gasteiger partial charge < -0.3 is 24.4 Å². The Labute approximate surface area is 142 Å². The molecule has 0 spiro atoms. The largest absolute Gasteiger partial charge is 0.504 e. The van der Waals surface area contributed by atoms with Crippen molar-refractivity contribution >= 4 is 22.6 Å². The van der Waals surface area contributed by atoms with Crippen molar-refractivity contribution < 1.29 is 24.4 Å². The number of rotatable bonds is 3. The van der Waals surface area contributed by atoms with Crippen molar-refractivity contribution in [3.05, 3.63) is 44.9 Å². The average molecular weight is 416 g/mol. The van der Waals surface area contributed by atoms with Gasteiger partial charge in [0.2, 0.25) is 0 Å².